The summed E-state index contributed by atoms with van der Waals surface area (Å²) < 4.78 is 42.1. The van der Waals surface area contributed by atoms with E-state index in [-0.39, 0.29) is 30.7 Å². The Hall–Kier alpha value is -2.82. The first-order valence-electron chi connectivity index (χ1n) is 13.3. The van der Waals surface area contributed by atoms with Gasteiger partial charge in [-0.15, -0.1) is 0 Å². The molecule has 0 spiro atoms. The van der Waals surface area contributed by atoms with Gasteiger partial charge in [-0.3, -0.25) is 24.8 Å². The fraction of sp³-hybridized carbons (Fsp3) is 0.462. The maximum Gasteiger partial charge on any atom is 0.530 e. The van der Waals surface area contributed by atoms with Gasteiger partial charge in [0.2, 0.25) is 0 Å². The van der Waals surface area contributed by atoms with Gasteiger partial charge in [0.15, 0.2) is 5.11 Å². The lowest BCUT2D eigenvalue weighted by atomic mass is 10.2. The van der Waals surface area contributed by atoms with E-state index in [0.717, 1.165) is 12.1 Å². The zero-order chi connectivity index (χ0) is 31.4. The molecule has 0 saturated heterocycles. The molecule has 0 aliphatic carbocycles. The van der Waals surface area contributed by atoms with Gasteiger partial charge in [-0.25, -0.2) is 9.36 Å². The number of carbonyl (C=O) groups is 1. The van der Waals surface area contributed by atoms with Crippen molar-refractivity contribution in [3.05, 3.63) is 47.8 Å². The molecule has 0 fully saturated rings. The van der Waals surface area contributed by atoms with E-state index < -0.39 is 30.1 Å². The first-order chi connectivity index (χ1) is 19.6. The average molecular weight is 656 g/mol. The van der Waals surface area contributed by atoms with E-state index in [9.17, 15) is 9.36 Å². The van der Waals surface area contributed by atoms with Crippen molar-refractivity contribution in [3.8, 4) is 11.5 Å². The standard InChI is InChI=1S/C26H42N5O7PSSi2/c1-34-21-11-10-20(19-35-26(32)30-22-9-8-12-28-23(22)18-29-31-25(27)40)24(17-21)38-39(33,36-13-15-41(2,3)4)37-14-16-42(5,6)7/h8-12,17-18H,13-16,19H2,1-7H3,(H,30,32)(H3,27,31,40). The fourth-order valence-corrected chi connectivity index (χ4v) is 6.12. The zero-order valence-corrected chi connectivity index (χ0v) is 29.0. The van der Waals surface area contributed by atoms with Crippen LogP contribution in [0.2, 0.25) is 51.4 Å². The van der Waals surface area contributed by atoms with Crippen LogP contribution in [0, 0.1) is 0 Å². The molecular weight excluding hydrogens is 614 g/mol. The number of ether oxygens (including phenoxy) is 2. The number of hydrogen-bond donors (Lipinski definition) is 3. The Morgan fingerprint density at radius 1 is 1.10 bits per heavy atom. The number of nitrogens with one attached hydrogen (secondary N) is 2. The van der Waals surface area contributed by atoms with Gasteiger partial charge in [0.05, 0.1) is 32.2 Å². The number of thiocarbonyl (C=S) groups is 1. The molecule has 0 atom stereocenters. The van der Waals surface area contributed by atoms with Gasteiger partial charge in [0, 0.05) is 34.0 Å². The number of pyridine rings is 1. The van der Waals surface area contributed by atoms with Crippen LogP contribution in [0.25, 0.3) is 0 Å². The summed E-state index contributed by atoms with van der Waals surface area (Å²) in [4.78, 5) is 16.9. The Morgan fingerprint density at radius 2 is 1.74 bits per heavy atom. The summed E-state index contributed by atoms with van der Waals surface area (Å²) in [6.07, 6.45) is 2.13. The highest BCUT2D eigenvalue weighted by molar-refractivity contribution is 7.80. The van der Waals surface area contributed by atoms with E-state index in [4.69, 9.17) is 41.0 Å². The molecule has 12 nitrogen and oxygen atoms in total. The normalized spacial score (nSPS) is 12.2. The van der Waals surface area contributed by atoms with Gasteiger partial charge in [0.25, 0.3) is 0 Å². The van der Waals surface area contributed by atoms with Crippen LogP contribution in [-0.4, -0.2) is 58.9 Å². The lowest BCUT2D eigenvalue weighted by Crippen LogP contribution is -2.24. The molecule has 0 bridgehead atoms. The number of benzene rings is 1. The van der Waals surface area contributed by atoms with Crippen LogP contribution in [0.3, 0.4) is 0 Å². The summed E-state index contributed by atoms with van der Waals surface area (Å²) >= 11 is 4.72. The van der Waals surface area contributed by atoms with Crippen LogP contribution in [0.15, 0.2) is 41.6 Å². The number of nitrogens with two attached hydrogens (primary N) is 1. The third-order valence-electron chi connectivity index (χ3n) is 5.48. The Bertz CT molecular complexity index is 1260. The summed E-state index contributed by atoms with van der Waals surface area (Å²) in [7, 11) is -5.45. The lowest BCUT2D eigenvalue weighted by Gasteiger charge is -2.23. The van der Waals surface area contributed by atoms with E-state index in [2.05, 4.69) is 60.1 Å². The smallest absolute Gasteiger partial charge is 0.497 e. The number of hydrogen-bond acceptors (Lipinski definition) is 10. The number of hydrazone groups is 1. The van der Waals surface area contributed by atoms with Gasteiger partial charge in [-0.1, -0.05) is 39.3 Å². The first-order valence-corrected chi connectivity index (χ1v) is 22.6. The summed E-state index contributed by atoms with van der Waals surface area (Å²) in [6.45, 7) is 13.5. The van der Waals surface area contributed by atoms with Gasteiger partial charge in [-0.2, -0.15) is 5.10 Å². The summed E-state index contributed by atoms with van der Waals surface area (Å²) in [5.74, 6) is 0.614. The number of phosphoric acid groups is 1. The van der Waals surface area contributed by atoms with E-state index in [1.54, 1.807) is 30.3 Å². The highest BCUT2D eigenvalue weighted by Crippen LogP contribution is 2.51. The molecule has 1 aromatic heterocycles. The highest BCUT2D eigenvalue weighted by atomic mass is 32.1. The number of amides is 1. The summed E-state index contributed by atoms with van der Waals surface area (Å²) in [5, 5.41) is 6.48. The number of anilines is 1. The Balaban J connectivity index is 2.20. The molecule has 4 N–H and O–H groups in total. The van der Waals surface area contributed by atoms with Gasteiger partial charge in [0.1, 0.15) is 23.8 Å². The second-order valence-electron chi connectivity index (χ2n) is 11.7. The van der Waals surface area contributed by atoms with Crippen LogP contribution in [0.1, 0.15) is 11.3 Å². The van der Waals surface area contributed by atoms with Crippen molar-refractivity contribution in [1.82, 2.24) is 10.4 Å². The molecule has 0 aliphatic heterocycles. The molecule has 16 heteroatoms. The monoisotopic (exact) mass is 655 g/mol. The number of phosphoric ester groups is 1. The van der Waals surface area contributed by atoms with Gasteiger partial charge >= 0.3 is 13.9 Å². The van der Waals surface area contributed by atoms with E-state index in [1.807, 2.05) is 0 Å². The minimum Gasteiger partial charge on any atom is -0.497 e. The van der Waals surface area contributed by atoms with E-state index >= 15 is 0 Å². The highest BCUT2D eigenvalue weighted by Gasteiger charge is 2.32. The van der Waals surface area contributed by atoms with Gasteiger partial charge in [-0.05, 0) is 48.6 Å². The van der Waals surface area contributed by atoms with Crippen molar-refractivity contribution < 1.29 is 32.4 Å². The molecule has 42 heavy (non-hydrogen) atoms. The molecule has 1 heterocycles. The number of carbonyl (C=O) groups excluding carboxylic acids is 1. The van der Waals surface area contributed by atoms with Gasteiger partial charge < -0.3 is 19.7 Å². The molecule has 2 rings (SSSR count). The number of rotatable bonds is 16. The molecule has 1 aromatic carbocycles. The van der Waals surface area contributed by atoms with Crippen molar-refractivity contribution in [2.24, 2.45) is 10.8 Å². The molecule has 1 amide bonds. The Morgan fingerprint density at radius 3 is 2.31 bits per heavy atom. The Labute approximate surface area is 255 Å². The summed E-state index contributed by atoms with van der Waals surface area (Å²) in [5.41, 5.74) is 8.92. The number of methoxy groups -OCH3 is 1. The van der Waals surface area contributed by atoms with Crippen LogP contribution in [0.4, 0.5) is 10.5 Å². The Kier molecular flexibility index (Phi) is 13.6. The predicted molar refractivity (Wildman–Crippen MR) is 175 cm³/mol. The molecule has 0 aliphatic rings. The van der Waals surface area contributed by atoms with Crippen LogP contribution in [-0.2, 0) is 25.0 Å². The molecule has 2 aromatic rings. The third kappa shape index (κ3) is 13.9. The molecule has 0 saturated carbocycles. The molecular formula is C26H42N5O7PSSi2. The van der Waals surface area contributed by atoms with Crippen LogP contribution >= 0.6 is 20.0 Å². The topological polar surface area (TPSA) is 156 Å². The second kappa shape index (κ2) is 16.1. The van der Waals surface area contributed by atoms with Crippen molar-refractivity contribution in [3.63, 3.8) is 0 Å². The molecule has 232 valence electrons. The quantitative estimate of drug-likeness (QED) is 0.0622. The number of nitrogens with zero attached hydrogens (tertiary/aromatic N) is 2. The fourth-order valence-electron chi connectivity index (χ4n) is 3.08. The lowest BCUT2D eigenvalue weighted by molar-refractivity contribution is 0.151. The first kappa shape index (κ1) is 35.4. The molecule has 0 radical (unpaired) electrons. The van der Waals surface area contributed by atoms with Crippen molar-refractivity contribution in [1.29, 1.82) is 0 Å². The van der Waals surface area contributed by atoms with Crippen LogP contribution in [0.5, 0.6) is 11.5 Å². The van der Waals surface area contributed by atoms with E-state index in [0.29, 0.717) is 22.7 Å². The minimum absolute atomic E-state index is 0.0129. The average Bonchev–Trinajstić information content (AvgIpc) is 2.87. The van der Waals surface area contributed by atoms with Crippen molar-refractivity contribution in [2.45, 2.75) is 58.0 Å². The van der Waals surface area contributed by atoms with Crippen molar-refractivity contribution in [2.75, 3.05) is 25.6 Å². The zero-order valence-electron chi connectivity index (χ0n) is 25.3. The maximum atomic E-state index is 13.8. The summed E-state index contributed by atoms with van der Waals surface area (Å²) in [6, 6.07) is 9.72. The van der Waals surface area contributed by atoms with E-state index in [1.165, 1.54) is 19.5 Å². The second-order valence-corrected chi connectivity index (χ2v) is 24.9. The maximum absolute atomic E-state index is 13.8. The van der Waals surface area contributed by atoms with Crippen molar-refractivity contribution >= 4 is 59.3 Å². The third-order valence-corrected chi connectivity index (χ3v) is 10.4. The minimum atomic E-state index is -4.01. The number of aromatic nitrogens is 1. The molecule has 0 unspecified atom stereocenters. The van der Waals surface area contributed by atoms with Crippen LogP contribution < -0.4 is 25.7 Å². The SMILES string of the molecule is COc1ccc(COC(=O)Nc2cccnc2C=NNC(N)=S)c(OP(=O)(OCC[Si](C)(C)C)OCC[Si](C)(C)C)c1. The largest absolute Gasteiger partial charge is 0.530 e. The predicted octanol–water partition coefficient (Wildman–Crippen LogP) is 6.20.